The Balaban J connectivity index is 1.32. The van der Waals surface area contributed by atoms with Crippen LogP contribution in [0, 0.1) is 19.3 Å². The predicted molar refractivity (Wildman–Crippen MR) is 141 cm³/mol. The van der Waals surface area contributed by atoms with Gasteiger partial charge in [0.25, 0.3) is 0 Å². The first-order valence-corrected chi connectivity index (χ1v) is 13.1. The van der Waals surface area contributed by atoms with Gasteiger partial charge in [-0.1, -0.05) is 47.6 Å². The molecule has 6 rings (SSSR count). The van der Waals surface area contributed by atoms with Gasteiger partial charge < -0.3 is 16.4 Å². The van der Waals surface area contributed by atoms with E-state index in [9.17, 15) is 0 Å². The Bertz CT molecular complexity index is 1440. The molecule has 0 saturated carbocycles. The number of anilines is 2. The average molecular weight is 506 g/mol. The van der Waals surface area contributed by atoms with E-state index in [1.165, 1.54) is 22.9 Å². The van der Waals surface area contributed by atoms with Gasteiger partial charge in [-0.3, -0.25) is 4.40 Å². The highest BCUT2D eigenvalue weighted by atomic mass is 35.5. The highest BCUT2D eigenvalue weighted by Crippen LogP contribution is 2.51. The molecule has 4 N–H and O–H groups in total. The van der Waals surface area contributed by atoms with E-state index in [0.717, 1.165) is 65.1 Å². The highest BCUT2D eigenvalue weighted by Gasteiger charge is 2.46. The molecule has 1 aliphatic heterocycles. The second kappa shape index (κ2) is 8.40. The molecule has 0 radical (unpaired) electrons. The van der Waals surface area contributed by atoms with Crippen molar-refractivity contribution in [1.82, 2.24) is 19.4 Å². The van der Waals surface area contributed by atoms with Crippen LogP contribution >= 0.6 is 23.4 Å². The van der Waals surface area contributed by atoms with Crippen LogP contribution in [0.25, 0.3) is 5.65 Å². The average Bonchev–Trinajstić information content (AvgIpc) is 3.37. The first-order valence-electron chi connectivity index (χ1n) is 11.9. The lowest BCUT2D eigenvalue weighted by molar-refractivity contribution is 0.186. The number of nitrogen functional groups attached to an aromatic ring is 1. The first kappa shape index (κ1) is 22.6. The smallest absolute Gasteiger partial charge is 0.211 e. The number of hydrogen-bond donors (Lipinski definition) is 2. The van der Waals surface area contributed by atoms with E-state index in [2.05, 4.69) is 44.7 Å². The van der Waals surface area contributed by atoms with Crippen molar-refractivity contribution in [3.63, 3.8) is 0 Å². The zero-order valence-electron chi connectivity index (χ0n) is 19.8. The minimum Gasteiger partial charge on any atom is -0.382 e. The normalized spacial score (nSPS) is 19.0. The SMILES string of the molecule is Cc1cn2c(N3CCC4(CC3)Cc3ccccc3[C@H]4N)nc(C)c(Sc3ccnc(N)c3Cl)c2n1. The number of fused-ring (bicyclic) bond motifs is 2. The number of aryl methyl sites for hydroxylation is 2. The van der Waals surface area contributed by atoms with Crippen molar-refractivity contribution in [1.29, 1.82) is 0 Å². The maximum Gasteiger partial charge on any atom is 0.211 e. The third-order valence-electron chi connectivity index (χ3n) is 7.57. The van der Waals surface area contributed by atoms with Gasteiger partial charge in [0, 0.05) is 36.4 Å². The molecule has 1 saturated heterocycles. The van der Waals surface area contributed by atoms with Crippen molar-refractivity contribution in [3.8, 4) is 0 Å². The number of hydrogen-bond acceptors (Lipinski definition) is 7. The van der Waals surface area contributed by atoms with E-state index in [1.807, 2.05) is 19.9 Å². The maximum atomic E-state index is 6.80. The van der Waals surface area contributed by atoms with E-state index >= 15 is 0 Å². The van der Waals surface area contributed by atoms with Crippen molar-refractivity contribution in [2.24, 2.45) is 11.1 Å². The van der Waals surface area contributed by atoms with Crippen LogP contribution in [0.3, 0.4) is 0 Å². The topological polar surface area (TPSA) is 98.4 Å². The molecule has 1 fully saturated rings. The summed E-state index contributed by atoms with van der Waals surface area (Å²) in [6.45, 7) is 5.88. The quantitative estimate of drug-likeness (QED) is 0.405. The van der Waals surface area contributed by atoms with Gasteiger partial charge in [-0.2, -0.15) is 0 Å². The van der Waals surface area contributed by atoms with Crippen LogP contribution < -0.4 is 16.4 Å². The molecule has 0 unspecified atom stereocenters. The van der Waals surface area contributed by atoms with Crippen molar-refractivity contribution < 1.29 is 0 Å². The number of piperidine rings is 1. The molecule has 3 aromatic heterocycles. The minimum atomic E-state index is 0.0994. The van der Waals surface area contributed by atoms with Gasteiger partial charge in [-0.15, -0.1) is 0 Å². The number of nitrogens with two attached hydrogens (primary N) is 2. The number of benzene rings is 1. The molecule has 2 aliphatic rings. The van der Waals surface area contributed by atoms with Crippen LogP contribution in [0.1, 0.15) is 41.4 Å². The lowest BCUT2D eigenvalue weighted by atomic mass is 9.73. The number of rotatable bonds is 3. The van der Waals surface area contributed by atoms with E-state index in [1.54, 1.807) is 6.20 Å². The van der Waals surface area contributed by atoms with Crippen LogP contribution in [-0.4, -0.2) is 32.4 Å². The van der Waals surface area contributed by atoms with Crippen molar-refractivity contribution in [2.45, 2.75) is 48.9 Å². The van der Waals surface area contributed by atoms with Crippen molar-refractivity contribution >= 4 is 40.8 Å². The molecule has 1 aromatic carbocycles. The molecule has 35 heavy (non-hydrogen) atoms. The van der Waals surface area contributed by atoms with Crippen LogP contribution in [-0.2, 0) is 6.42 Å². The number of imidazole rings is 1. The van der Waals surface area contributed by atoms with Gasteiger partial charge in [0.1, 0.15) is 5.82 Å². The third-order valence-corrected chi connectivity index (χ3v) is 9.32. The van der Waals surface area contributed by atoms with Gasteiger partial charge in [0.15, 0.2) is 5.65 Å². The fourth-order valence-electron chi connectivity index (χ4n) is 5.66. The van der Waals surface area contributed by atoms with Crippen molar-refractivity contribution in [3.05, 3.63) is 70.3 Å². The van der Waals surface area contributed by atoms with Crippen LogP contribution in [0.2, 0.25) is 5.02 Å². The monoisotopic (exact) mass is 505 g/mol. The zero-order chi connectivity index (χ0) is 24.3. The van der Waals surface area contributed by atoms with Gasteiger partial charge in [0.05, 0.1) is 21.3 Å². The summed E-state index contributed by atoms with van der Waals surface area (Å²) in [5.74, 6) is 1.26. The van der Waals surface area contributed by atoms with Crippen LogP contribution in [0.15, 0.2) is 52.5 Å². The van der Waals surface area contributed by atoms with E-state index in [0.29, 0.717) is 10.8 Å². The Kier molecular flexibility index (Phi) is 5.43. The minimum absolute atomic E-state index is 0.0994. The second-order valence-corrected chi connectivity index (χ2v) is 11.1. The van der Waals surface area contributed by atoms with E-state index in [-0.39, 0.29) is 11.5 Å². The summed E-state index contributed by atoms with van der Waals surface area (Å²) in [4.78, 5) is 18.2. The molecule has 7 nitrogen and oxygen atoms in total. The lowest BCUT2D eigenvalue weighted by Gasteiger charge is -2.42. The summed E-state index contributed by atoms with van der Waals surface area (Å²) < 4.78 is 2.12. The van der Waals surface area contributed by atoms with Gasteiger partial charge >= 0.3 is 0 Å². The standard InChI is InChI=1S/C26H28ClN7S/c1-15-14-34-24(31-15)21(35-19-7-10-30-23(29)20(19)27)16(2)32-25(34)33-11-8-26(9-12-33)13-17-5-3-4-6-18(17)22(26)28/h3-7,10,14,22H,8-9,11-13,28H2,1-2H3,(H2,29,30)/t22-/m1/s1. The predicted octanol–water partition coefficient (Wildman–Crippen LogP) is 4.97. The van der Waals surface area contributed by atoms with Crippen molar-refractivity contribution in [2.75, 3.05) is 23.7 Å². The molecular weight excluding hydrogens is 478 g/mol. The molecule has 0 bridgehead atoms. The zero-order valence-corrected chi connectivity index (χ0v) is 21.4. The van der Waals surface area contributed by atoms with E-state index < -0.39 is 0 Å². The molecule has 180 valence electrons. The summed E-state index contributed by atoms with van der Waals surface area (Å²) in [6.07, 6.45) is 6.88. The van der Waals surface area contributed by atoms with Crippen LogP contribution in [0.4, 0.5) is 11.8 Å². The fraction of sp³-hybridized carbons (Fsp3) is 0.346. The van der Waals surface area contributed by atoms with Gasteiger partial charge in [-0.25, -0.2) is 15.0 Å². The number of pyridine rings is 1. The Morgan fingerprint density at radius 2 is 1.89 bits per heavy atom. The van der Waals surface area contributed by atoms with E-state index in [4.69, 9.17) is 33.0 Å². The Morgan fingerprint density at radius 1 is 1.11 bits per heavy atom. The highest BCUT2D eigenvalue weighted by molar-refractivity contribution is 7.99. The maximum absolute atomic E-state index is 6.80. The first-order chi connectivity index (χ1) is 16.9. The number of aromatic nitrogens is 4. The summed E-state index contributed by atoms with van der Waals surface area (Å²) in [5, 5.41) is 0.456. The summed E-state index contributed by atoms with van der Waals surface area (Å²) >= 11 is 7.96. The second-order valence-electron chi connectivity index (χ2n) is 9.72. The molecule has 1 aliphatic carbocycles. The number of halogens is 1. The summed E-state index contributed by atoms with van der Waals surface area (Å²) in [5.41, 5.74) is 18.3. The summed E-state index contributed by atoms with van der Waals surface area (Å²) in [6, 6.07) is 10.6. The molecule has 4 heterocycles. The Hall–Kier alpha value is -2.81. The fourth-order valence-corrected chi connectivity index (χ4v) is 6.86. The summed E-state index contributed by atoms with van der Waals surface area (Å²) in [7, 11) is 0. The lowest BCUT2D eigenvalue weighted by Crippen LogP contribution is -2.45. The third kappa shape index (κ3) is 3.66. The Labute approximate surface area is 213 Å². The molecular formula is C26H28ClN7S. The molecule has 1 atom stereocenters. The molecule has 1 spiro atoms. The largest absolute Gasteiger partial charge is 0.382 e. The molecule has 0 amide bonds. The molecule has 4 aromatic rings. The molecule has 9 heteroatoms. The number of nitrogens with zero attached hydrogens (tertiary/aromatic N) is 5. The van der Waals surface area contributed by atoms with Crippen LogP contribution in [0.5, 0.6) is 0 Å². The van der Waals surface area contributed by atoms with Gasteiger partial charge in [-0.05, 0) is 55.7 Å². The van der Waals surface area contributed by atoms with Gasteiger partial charge in [0.2, 0.25) is 5.95 Å². The Morgan fingerprint density at radius 3 is 2.66 bits per heavy atom.